The molecule has 0 spiro atoms. The van der Waals surface area contributed by atoms with Gasteiger partial charge in [0.05, 0.1) is 35.2 Å². The van der Waals surface area contributed by atoms with Gasteiger partial charge in [0.25, 0.3) is 0 Å². The van der Waals surface area contributed by atoms with Gasteiger partial charge in [0.2, 0.25) is 6.79 Å². The Morgan fingerprint density at radius 3 is 2.72 bits per heavy atom. The highest BCUT2D eigenvalue weighted by atomic mass is 31.2. The van der Waals surface area contributed by atoms with Gasteiger partial charge in [0.15, 0.2) is 11.5 Å². The molecular formula is C26H27FN3O8P. The van der Waals surface area contributed by atoms with Crippen molar-refractivity contribution in [1.29, 1.82) is 0 Å². The number of aromatic nitrogens is 3. The van der Waals surface area contributed by atoms with Crippen molar-refractivity contribution in [2.75, 3.05) is 26.6 Å². The van der Waals surface area contributed by atoms with E-state index in [1.807, 2.05) is 6.07 Å². The number of benzene rings is 2. The van der Waals surface area contributed by atoms with Crippen molar-refractivity contribution in [3.63, 3.8) is 0 Å². The quantitative estimate of drug-likeness (QED) is 0.247. The van der Waals surface area contributed by atoms with E-state index in [0.29, 0.717) is 71.8 Å². The predicted molar refractivity (Wildman–Crippen MR) is 139 cm³/mol. The fourth-order valence-electron chi connectivity index (χ4n) is 5.17. The number of imidazole rings is 1. The Bertz CT molecular complexity index is 1660. The SMILES string of the molecule is O=c1n(CCCOC2CCOCC2)c2cnc3c4c(ccc3c2n1Cc1ccc(P(=O)(O)O)c(F)c1)OCO4. The zero-order valence-electron chi connectivity index (χ0n) is 20.9. The number of hydrogen-bond acceptors (Lipinski definition) is 7. The van der Waals surface area contributed by atoms with Gasteiger partial charge in [-0.1, -0.05) is 6.07 Å². The number of hydrogen-bond donors (Lipinski definition) is 2. The van der Waals surface area contributed by atoms with Crippen molar-refractivity contribution in [3.05, 3.63) is 58.4 Å². The van der Waals surface area contributed by atoms with E-state index in [1.165, 1.54) is 10.6 Å². The minimum atomic E-state index is -4.77. The predicted octanol–water partition coefficient (Wildman–Crippen LogP) is 2.66. The summed E-state index contributed by atoms with van der Waals surface area (Å²) < 4.78 is 51.8. The van der Waals surface area contributed by atoms with Gasteiger partial charge in [0.1, 0.15) is 11.3 Å². The number of pyridine rings is 1. The molecule has 4 aromatic rings. The largest absolute Gasteiger partial charge is 0.454 e. The first-order chi connectivity index (χ1) is 18.8. The third-order valence-corrected chi connectivity index (χ3v) is 8.05. The highest BCUT2D eigenvalue weighted by Crippen LogP contribution is 2.40. The number of rotatable bonds is 8. The lowest BCUT2D eigenvalue weighted by Gasteiger charge is -2.22. The zero-order valence-corrected chi connectivity index (χ0v) is 21.8. The van der Waals surface area contributed by atoms with Crippen LogP contribution in [0.4, 0.5) is 4.39 Å². The highest BCUT2D eigenvalue weighted by Gasteiger charge is 2.25. The molecule has 206 valence electrons. The van der Waals surface area contributed by atoms with Gasteiger partial charge in [-0.25, -0.2) is 14.2 Å². The summed E-state index contributed by atoms with van der Waals surface area (Å²) in [5, 5.41) is -0.0220. The molecule has 4 heterocycles. The maximum Gasteiger partial charge on any atom is 0.359 e. The molecule has 0 amide bonds. The van der Waals surface area contributed by atoms with E-state index in [0.717, 1.165) is 25.0 Å². The van der Waals surface area contributed by atoms with Gasteiger partial charge >= 0.3 is 13.3 Å². The molecule has 6 rings (SSSR count). The number of aryl methyl sites for hydroxylation is 1. The topological polar surface area (TPSA) is 134 Å². The van der Waals surface area contributed by atoms with Crippen molar-refractivity contribution >= 4 is 34.8 Å². The van der Waals surface area contributed by atoms with Gasteiger partial charge in [-0.2, -0.15) is 0 Å². The molecule has 0 radical (unpaired) electrons. The lowest BCUT2D eigenvalue weighted by molar-refractivity contribution is -0.0329. The molecule has 2 aromatic heterocycles. The molecule has 2 aliphatic heterocycles. The average Bonchev–Trinajstić information content (AvgIpc) is 3.50. The first-order valence-electron chi connectivity index (χ1n) is 12.7. The lowest BCUT2D eigenvalue weighted by atomic mass is 10.1. The van der Waals surface area contributed by atoms with Crippen molar-refractivity contribution < 1.29 is 37.7 Å². The van der Waals surface area contributed by atoms with Crippen LogP contribution >= 0.6 is 7.60 Å². The van der Waals surface area contributed by atoms with Crippen LogP contribution < -0.4 is 20.5 Å². The van der Waals surface area contributed by atoms with Crippen molar-refractivity contribution in [3.8, 4) is 11.5 Å². The van der Waals surface area contributed by atoms with Crippen LogP contribution in [0.5, 0.6) is 11.5 Å². The molecule has 2 aliphatic rings. The van der Waals surface area contributed by atoms with Gasteiger partial charge in [-0.05, 0) is 49.1 Å². The van der Waals surface area contributed by atoms with Crippen molar-refractivity contribution in [1.82, 2.24) is 14.1 Å². The van der Waals surface area contributed by atoms with E-state index in [2.05, 4.69) is 4.98 Å². The average molecular weight is 559 g/mol. The second-order valence-corrected chi connectivity index (χ2v) is 11.1. The first kappa shape index (κ1) is 26.0. The standard InChI is InChI=1S/C26H27FN3O8P/c27-19-12-16(2-5-22(19)39(32,33)34)14-30-24-18-3-4-21-25(38-15-37-21)23(18)28-13-20(24)29(26(30)31)8-1-9-36-17-6-10-35-11-7-17/h2-5,12-13,17H,1,6-11,14-15H2,(H2,32,33,34). The molecule has 0 aliphatic carbocycles. The van der Waals surface area contributed by atoms with Gasteiger partial charge in [0, 0.05) is 31.8 Å². The number of nitrogens with zero attached hydrogens (tertiary/aromatic N) is 3. The van der Waals surface area contributed by atoms with Gasteiger partial charge in [-0.3, -0.25) is 13.7 Å². The molecule has 39 heavy (non-hydrogen) atoms. The second kappa shape index (κ2) is 10.4. The van der Waals surface area contributed by atoms with Crippen LogP contribution in [-0.4, -0.2) is 56.6 Å². The molecule has 11 nitrogen and oxygen atoms in total. The van der Waals surface area contributed by atoms with E-state index < -0.39 is 18.7 Å². The third kappa shape index (κ3) is 4.94. The van der Waals surface area contributed by atoms with Crippen LogP contribution in [0.25, 0.3) is 21.9 Å². The first-order valence-corrected chi connectivity index (χ1v) is 14.3. The van der Waals surface area contributed by atoms with E-state index in [4.69, 9.17) is 18.9 Å². The fraction of sp³-hybridized carbons (Fsp3) is 0.385. The summed E-state index contributed by atoms with van der Waals surface area (Å²) in [4.78, 5) is 37.1. The maximum atomic E-state index is 14.6. The Labute approximate surface area is 221 Å². The van der Waals surface area contributed by atoms with Crippen molar-refractivity contribution in [2.24, 2.45) is 0 Å². The molecule has 0 saturated carbocycles. The Morgan fingerprint density at radius 1 is 1.13 bits per heavy atom. The van der Waals surface area contributed by atoms with Crippen LogP contribution in [0, 0.1) is 5.82 Å². The smallest absolute Gasteiger partial charge is 0.359 e. The Balaban J connectivity index is 1.39. The fourth-order valence-corrected chi connectivity index (χ4v) is 5.78. The summed E-state index contributed by atoms with van der Waals surface area (Å²) in [6.07, 6.45) is 4.07. The Kier molecular flexibility index (Phi) is 6.90. The summed E-state index contributed by atoms with van der Waals surface area (Å²) >= 11 is 0. The summed E-state index contributed by atoms with van der Waals surface area (Å²) in [5.74, 6) is 0.0175. The van der Waals surface area contributed by atoms with Crippen LogP contribution in [0.3, 0.4) is 0 Å². The molecule has 1 fully saturated rings. The van der Waals surface area contributed by atoms with E-state index in [9.17, 15) is 23.5 Å². The molecule has 0 bridgehead atoms. The van der Waals surface area contributed by atoms with E-state index in [1.54, 1.807) is 16.8 Å². The number of halogens is 1. The minimum absolute atomic E-state index is 0.0210. The van der Waals surface area contributed by atoms with Crippen molar-refractivity contribution in [2.45, 2.75) is 38.5 Å². The Morgan fingerprint density at radius 2 is 1.95 bits per heavy atom. The monoisotopic (exact) mass is 559 g/mol. The maximum absolute atomic E-state index is 14.6. The van der Waals surface area contributed by atoms with Crippen LogP contribution in [0.2, 0.25) is 0 Å². The number of ether oxygens (including phenoxy) is 4. The zero-order chi connectivity index (χ0) is 27.1. The Hall–Kier alpha value is -3.28. The third-order valence-electron chi connectivity index (χ3n) is 7.06. The van der Waals surface area contributed by atoms with Gasteiger partial charge < -0.3 is 28.7 Å². The highest BCUT2D eigenvalue weighted by molar-refractivity contribution is 7.60. The molecule has 0 atom stereocenters. The molecule has 13 heteroatoms. The molecule has 2 aromatic carbocycles. The minimum Gasteiger partial charge on any atom is -0.454 e. The van der Waals surface area contributed by atoms with Gasteiger partial charge in [-0.15, -0.1) is 0 Å². The van der Waals surface area contributed by atoms with Crippen LogP contribution in [-0.2, 0) is 27.1 Å². The molecule has 1 saturated heterocycles. The number of fused-ring (bicyclic) bond motifs is 5. The van der Waals surface area contributed by atoms with Crippen LogP contribution in [0.1, 0.15) is 24.8 Å². The summed E-state index contributed by atoms with van der Waals surface area (Å²) in [5.41, 5.74) is 1.79. The molecular weight excluding hydrogens is 532 g/mol. The summed E-state index contributed by atoms with van der Waals surface area (Å²) in [6, 6.07) is 7.08. The molecule has 2 N–H and O–H groups in total. The summed E-state index contributed by atoms with van der Waals surface area (Å²) in [7, 11) is -4.77. The second-order valence-electron chi connectivity index (χ2n) is 9.57. The molecule has 0 unspecified atom stereocenters. The van der Waals surface area contributed by atoms with E-state index in [-0.39, 0.29) is 25.1 Å². The normalized spacial score (nSPS) is 16.0. The van der Waals surface area contributed by atoms with E-state index >= 15 is 0 Å². The van der Waals surface area contributed by atoms with Crippen LogP contribution in [0.15, 0.2) is 41.3 Å². The lowest BCUT2D eigenvalue weighted by Crippen LogP contribution is -2.27. The summed E-state index contributed by atoms with van der Waals surface area (Å²) in [6.45, 7) is 2.29.